The molecule has 0 bridgehead atoms. The van der Waals surface area contributed by atoms with E-state index in [2.05, 4.69) is 36.4 Å². The minimum Gasteiger partial charge on any atom is -0.490 e. The van der Waals surface area contributed by atoms with Crippen molar-refractivity contribution >= 4 is 0 Å². The molecule has 1 N–H and O–H groups in total. The number of benzene rings is 2. The first kappa shape index (κ1) is 14.2. The Bertz CT molecular complexity index is 548. The molecule has 2 nitrogen and oxygen atoms in total. The van der Waals surface area contributed by atoms with Crippen LogP contribution in [0.15, 0.2) is 54.6 Å². The van der Waals surface area contributed by atoms with E-state index in [9.17, 15) is 5.11 Å². The predicted molar refractivity (Wildman–Crippen MR) is 84.6 cm³/mol. The first-order valence-electron chi connectivity index (χ1n) is 7.77. The Morgan fingerprint density at radius 3 is 2.33 bits per heavy atom. The molecular weight excluding hydrogens is 260 g/mol. The monoisotopic (exact) mass is 282 g/mol. The van der Waals surface area contributed by atoms with Crippen LogP contribution in [0.5, 0.6) is 5.75 Å². The summed E-state index contributed by atoms with van der Waals surface area (Å²) in [5.41, 5.74) is 2.61. The highest BCUT2D eigenvalue weighted by Crippen LogP contribution is 2.24. The van der Waals surface area contributed by atoms with Gasteiger partial charge in [-0.05, 0) is 48.9 Å². The molecule has 0 radical (unpaired) electrons. The van der Waals surface area contributed by atoms with Crippen LogP contribution >= 0.6 is 0 Å². The smallest absolute Gasteiger partial charge is 0.119 e. The first-order valence-corrected chi connectivity index (χ1v) is 7.77. The van der Waals surface area contributed by atoms with Crippen molar-refractivity contribution in [2.75, 3.05) is 0 Å². The van der Waals surface area contributed by atoms with Gasteiger partial charge in [0.25, 0.3) is 0 Å². The Kier molecular flexibility index (Phi) is 4.56. The van der Waals surface area contributed by atoms with Crippen LogP contribution in [0.4, 0.5) is 0 Å². The number of hydrogen-bond donors (Lipinski definition) is 1. The summed E-state index contributed by atoms with van der Waals surface area (Å²) in [7, 11) is 0. The van der Waals surface area contributed by atoms with Gasteiger partial charge in [0.2, 0.25) is 0 Å². The number of rotatable bonds is 4. The van der Waals surface area contributed by atoms with E-state index in [-0.39, 0.29) is 12.2 Å². The summed E-state index contributed by atoms with van der Waals surface area (Å²) in [6.07, 6.45) is 4.68. The molecule has 0 heterocycles. The molecule has 0 aromatic heterocycles. The minimum atomic E-state index is -0.193. The van der Waals surface area contributed by atoms with Gasteiger partial charge in [0.05, 0.1) is 6.10 Å². The Hall–Kier alpha value is -1.80. The van der Waals surface area contributed by atoms with Crippen molar-refractivity contribution in [3.63, 3.8) is 0 Å². The van der Waals surface area contributed by atoms with Gasteiger partial charge in [-0.2, -0.15) is 0 Å². The molecule has 2 aromatic rings. The van der Waals surface area contributed by atoms with Crippen molar-refractivity contribution in [3.05, 3.63) is 65.7 Å². The SMILES string of the molecule is OC1CCCC(Oc2ccc(Cc3ccccc3)cc2)C1. The minimum absolute atomic E-state index is 0.161. The summed E-state index contributed by atoms with van der Waals surface area (Å²) in [6.45, 7) is 0. The summed E-state index contributed by atoms with van der Waals surface area (Å²) in [4.78, 5) is 0. The van der Waals surface area contributed by atoms with Crippen LogP contribution in [-0.4, -0.2) is 17.3 Å². The summed E-state index contributed by atoms with van der Waals surface area (Å²) in [5.74, 6) is 0.908. The van der Waals surface area contributed by atoms with E-state index < -0.39 is 0 Å². The fourth-order valence-electron chi connectivity index (χ4n) is 2.94. The van der Waals surface area contributed by atoms with Crippen LogP contribution in [0.25, 0.3) is 0 Å². The van der Waals surface area contributed by atoms with Crippen molar-refractivity contribution in [3.8, 4) is 5.75 Å². The van der Waals surface area contributed by atoms with Crippen molar-refractivity contribution in [2.45, 2.75) is 44.3 Å². The van der Waals surface area contributed by atoms with Gasteiger partial charge in [-0.3, -0.25) is 0 Å². The zero-order chi connectivity index (χ0) is 14.5. The standard InChI is InChI=1S/C19H22O2/c20-17-7-4-8-19(14-17)21-18-11-9-16(10-12-18)13-15-5-2-1-3-6-15/h1-3,5-6,9-12,17,19-20H,4,7-8,13-14H2. The Morgan fingerprint density at radius 2 is 1.62 bits per heavy atom. The lowest BCUT2D eigenvalue weighted by molar-refractivity contribution is 0.0536. The number of hydrogen-bond acceptors (Lipinski definition) is 2. The van der Waals surface area contributed by atoms with Gasteiger partial charge in [-0.1, -0.05) is 42.5 Å². The maximum absolute atomic E-state index is 9.69. The van der Waals surface area contributed by atoms with Gasteiger partial charge < -0.3 is 9.84 Å². The van der Waals surface area contributed by atoms with Crippen LogP contribution in [0.2, 0.25) is 0 Å². The van der Waals surface area contributed by atoms with Crippen LogP contribution < -0.4 is 4.74 Å². The second-order valence-corrected chi connectivity index (χ2v) is 5.87. The van der Waals surface area contributed by atoms with E-state index in [0.717, 1.165) is 37.9 Å². The quantitative estimate of drug-likeness (QED) is 0.919. The van der Waals surface area contributed by atoms with Gasteiger partial charge in [-0.25, -0.2) is 0 Å². The summed E-state index contributed by atoms with van der Waals surface area (Å²) in [5, 5.41) is 9.69. The average Bonchev–Trinajstić information content (AvgIpc) is 2.50. The molecule has 2 heteroatoms. The maximum Gasteiger partial charge on any atom is 0.119 e. The molecule has 1 aliphatic rings. The molecule has 1 saturated carbocycles. The van der Waals surface area contributed by atoms with E-state index in [0.29, 0.717) is 0 Å². The third kappa shape index (κ3) is 4.08. The summed E-state index contributed by atoms with van der Waals surface area (Å²) >= 11 is 0. The summed E-state index contributed by atoms with van der Waals surface area (Å²) in [6, 6.07) is 18.8. The van der Waals surface area contributed by atoms with E-state index in [1.165, 1.54) is 11.1 Å². The fraction of sp³-hybridized carbons (Fsp3) is 0.368. The molecule has 1 fully saturated rings. The van der Waals surface area contributed by atoms with Gasteiger partial charge >= 0.3 is 0 Å². The lowest BCUT2D eigenvalue weighted by Crippen LogP contribution is -2.28. The summed E-state index contributed by atoms with van der Waals surface area (Å²) < 4.78 is 5.97. The van der Waals surface area contributed by atoms with Crippen LogP contribution in [0.1, 0.15) is 36.8 Å². The lowest BCUT2D eigenvalue weighted by Gasteiger charge is -2.26. The molecule has 3 rings (SSSR count). The topological polar surface area (TPSA) is 29.5 Å². The van der Waals surface area contributed by atoms with Crippen molar-refractivity contribution in [2.24, 2.45) is 0 Å². The molecule has 0 saturated heterocycles. The van der Waals surface area contributed by atoms with Gasteiger partial charge in [0.1, 0.15) is 11.9 Å². The molecule has 110 valence electrons. The third-order valence-electron chi connectivity index (χ3n) is 4.08. The van der Waals surface area contributed by atoms with E-state index in [1.54, 1.807) is 0 Å². The predicted octanol–water partition coefficient (Wildman–Crippen LogP) is 3.96. The molecule has 2 aromatic carbocycles. The van der Waals surface area contributed by atoms with Crippen LogP contribution in [-0.2, 0) is 6.42 Å². The molecule has 2 unspecified atom stereocenters. The zero-order valence-electron chi connectivity index (χ0n) is 12.2. The van der Waals surface area contributed by atoms with E-state index in [1.807, 2.05) is 18.2 Å². The highest BCUT2D eigenvalue weighted by molar-refractivity contribution is 5.31. The normalized spacial score (nSPS) is 22.0. The number of aliphatic hydroxyl groups is 1. The molecule has 2 atom stereocenters. The molecular formula is C19H22O2. The largest absolute Gasteiger partial charge is 0.490 e. The Morgan fingerprint density at radius 1 is 0.905 bits per heavy atom. The highest BCUT2D eigenvalue weighted by Gasteiger charge is 2.21. The Labute approximate surface area is 126 Å². The number of aliphatic hydroxyl groups excluding tert-OH is 1. The van der Waals surface area contributed by atoms with Crippen LogP contribution in [0, 0.1) is 0 Å². The first-order chi connectivity index (χ1) is 10.3. The Balaban J connectivity index is 1.59. The molecule has 0 amide bonds. The molecule has 21 heavy (non-hydrogen) atoms. The molecule has 0 aliphatic heterocycles. The van der Waals surface area contributed by atoms with Crippen molar-refractivity contribution < 1.29 is 9.84 Å². The maximum atomic E-state index is 9.69. The van der Waals surface area contributed by atoms with Crippen molar-refractivity contribution in [1.82, 2.24) is 0 Å². The van der Waals surface area contributed by atoms with E-state index in [4.69, 9.17) is 4.74 Å². The van der Waals surface area contributed by atoms with Gasteiger partial charge in [-0.15, -0.1) is 0 Å². The zero-order valence-corrected chi connectivity index (χ0v) is 12.2. The van der Waals surface area contributed by atoms with Crippen molar-refractivity contribution in [1.29, 1.82) is 0 Å². The fourth-order valence-corrected chi connectivity index (χ4v) is 2.94. The van der Waals surface area contributed by atoms with Crippen LogP contribution in [0.3, 0.4) is 0 Å². The van der Waals surface area contributed by atoms with Gasteiger partial charge in [0.15, 0.2) is 0 Å². The van der Waals surface area contributed by atoms with E-state index >= 15 is 0 Å². The average molecular weight is 282 g/mol. The molecule has 0 spiro atoms. The third-order valence-corrected chi connectivity index (χ3v) is 4.08. The highest BCUT2D eigenvalue weighted by atomic mass is 16.5. The second kappa shape index (κ2) is 6.77. The molecule has 1 aliphatic carbocycles. The van der Waals surface area contributed by atoms with Gasteiger partial charge in [0, 0.05) is 6.42 Å². The second-order valence-electron chi connectivity index (χ2n) is 5.87. The number of ether oxygens (including phenoxy) is 1. The lowest BCUT2D eigenvalue weighted by atomic mass is 9.95.